The molecule has 0 radical (unpaired) electrons. The first-order valence-electron chi connectivity index (χ1n) is 4.96. The molecule has 0 aromatic carbocycles. The highest BCUT2D eigenvalue weighted by molar-refractivity contribution is 6.07. The van der Waals surface area contributed by atoms with E-state index in [9.17, 15) is 9.59 Å². The van der Waals surface area contributed by atoms with E-state index in [0.29, 0.717) is 25.9 Å². The van der Waals surface area contributed by atoms with Crippen molar-refractivity contribution >= 4 is 11.8 Å². The van der Waals surface area contributed by atoms with Crippen molar-refractivity contribution in [2.75, 3.05) is 13.1 Å². The van der Waals surface area contributed by atoms with Gasteiger partial charge in [-0.2, -0.15) is 0 Å². The summed E-state index contributed by atoms with van der Waals surface area (Å²) < 4.78 is 0. The Kier molecular flexibility index (Phi) is 3.66. The highest BCUT2D eigenvalue weighted by Gasteiger charge is 2.56. The van der Waals surface area contributed by atoms with Gasteiger partial charge in [-0.15, -0.1) is 13.2 Å². The first kappa shape index (κ1) is 11.5. The predicted molar refractivity (Wildman–Crippen MR) is 58.1 cm³/mol. The average Bonchev–Trinajstić information content (AvgIpc) is 3.03. The van der Waals surface area contributed by atoms with Gasteiger partial charge in [0.15, 0.2) is 0 Å². The molecule has 15 heavy (non-hydrogen) atoms. The third kappa shape index (κ3) is 2.46. The fourth-order valence-electron chi connectivity index (χ4n) is 1.35. The van der Waals surface area contributed by atoms with Gasteiger partial charge in [-0.05, 0) is 12.8 Å². The van der Waals surface area contributed by atoms with Gasteiger partial charge in [0.25, 0.3) is 0 Å². The number of carbonyl (C=O) groups excluding carboxylic acids is 2. The zero-order valence-corrected chi connectivity index (χ0v) is 8.71. The summed E-state index contributed by atoms with van der Waals surface area (Å²) in [5, 5.41) is 5.30. The molecule has 1 aliphatic carbocycles. The number of hydrogen-bond acceptors (Lipinski definition) is 2. The summed E-state index contributed by atoms with van der Waals surface area (Å²) in [6, 6.07) is 0. The van der Waals surface area contributed by atoms with Crippen molar-refractivity contribution in [2.24, 2.45) is 5.41 Å². The molecule has 0 aromatic rings. The molecule has 0 aromatic heterocycles. The Morgan fingerprint density at radius 1 is 1.07 bits per heavy atom. The smallest absolute Gasteiger partial charge is 0.235 e. The van der Waals surface area contributed by atoms with Crippen molar-refractivity contribution in [1.29, 1.82) is 0 Å². The van der Waals surface area contributed by atoms with Crippen molar-refractivity contribution in [3.05, 3.63) is 25.3 Å². The van der Waals surface area contributed by atoms with Crippen LogP contribution in [-0.4, -0.2) is 24.9 Å². The molecular formula is C11H16N2O2. The van der Waals surface area contributed by atoms with Crippen LogP contribution in [0.15, 0.2) is 25.3 Å². The second-order valence-corrected chi connectivity index (χ2v) is 3.58. The highest BCUT2D eigenvalue weighted by atomic mass is 16.2. The summed E-state index contributed by atoms with van der Waals surface area (Å²) in [6.45, 7) is 7.80. The minimum atomic E-state index is -0.827. The SMILES string of the molecule is C=CCNC(=O)C1(C(=O)NCC=C)CC1. The summed E-state index contributed by atoms with van der Waals surface area (Å²) >= 11 is 0. The molecule has 2 amide bonds. The van der Waals surface area contributed by atoms with Crippen molar-refractivity contribution in [1.82, 2.24) is 10.6 Å². The minimum absolute atomic E-state index is 0.205. The number of carbonyl (C=O) groups is 2. The predicted octanol–water partition coefficient (Wildman–Crippen LogP) is 0.371. The zero-order chi connectivity index (χ0) is 11.3. The summed E-state index contributed by atoms with van der Waals surface area (Å²) in [6.07, 6.45) is 4.43. The van der Waals surface area contributed by atoms with Crippen molar-refractivity contribution in [2.45, 2.75) is 12.8 Å². The van der Waals surface area contributed by atoms with Crippen LogP contribution in [-0.2, 0) is 9.59 Å². The van der Waals surface area contributed by atoms with Gasteiger partial charge >= 0.3 is 0 Å². The first-order chi connectivity index (χ1) is 7.17. The molecule has 0 unspecified atom stereocenters. The lowest BCUT2D eigenvalue weighted by Gasteiger charge is -2.13. The second-order valence-electron chi connectivity index (χ2n) is 3.58. The Morgan fingerprint density at radius 2 is 1.47 bits per heavy atom. The summed E-state index contributed by atoms with van der Waals surface area (Å²) in [5.41, 5.74) is -0.827. The summed E-state index contributed by atoms with van der Waals surface area (Å²) in [5.74, 6) is -0.409. The van der Waals surface area contributed by atoms with Gasteiger partial charge in [0.05, 0.1) is 0 Å². The quantitative estimate of drug-likeness (QED) is 0.489. The van der Waals surface area contributed by atoms with Gasteiger partial charge in [0.2, 0.25) is 11.8 Å². The summed E-state index contributed by atoms with van der Waals surface area (Å²) in [7, 11) is 0. The van der Waals surface area contributed by atoms with Gasteiger partial charge in [-0.3, -0.25) is 9.59 Å². The zero-order valence-electron chi connectivity index (χ0n) is 8.71. The van der Waals surface area contributed by atoms with E-state index in [-0.39, 0.29) is 11.8 Å². The van der Waals surface area contributed by atoms with Gasteiger partial charge in [0, 0.05) is 13.1 Å². The maximum Gasteiger partial charge on any atom is 0.235 e. The number of rotatable bonds is 6. The van der Waals surface area contributed by atoms with E-state index in [0.717, 1.165) is 0 Å². The van der Waals surface area contributed by atoms with Crippen LogP contribution in [0, 0.1) is 5.41 Å². The fourth-order valence-corrected chi connectivity index (χ4v) is 1.35. The molecule has 1 rings (SSSR count). The molecule has 1 fully saturated rings. The van der Waals surface area contributed by atoms with Crippen molar-refractivity contribution in [3.8, 4) is 0 Å². The highest BCUT2D eigenvalue weighted by Crippen LogP contribution is 2.46. The number of amides is 2. The molecule has 4 nitrogen and oxygen atoms in total. The third-order valence-electron chi connectivity index (χ3n) is 2.43. The molecule has 4 heteroatoms. The summed E-state index contributed by atoms with van der Waals surface area (Å²) in [4.78, 5) is 23.3. The van der Waals surface area contributed by atoms with Crippen LogP contribution in [0.3, 0.4) is 0 Å². The van der Waals surface area contributed by atoms with Crippen LogP contribution in [0.1, 0.15) is 12.8 Å². The van der Waals surface area contributed by atoms with Gasteiger partial charge in [-0.1, -0.05) is 12.2 Å². The molecule has 1 aliphatic rings. The monoisotopic (exact) mass is 208 g/mol. The van der Waals surface area contributed by atoms with Gasteiger partial charge in [-0.25, -0.2) is 0 Å². The van der Waals surface area contributed by atoms with E-state index in [4.69, 9.17) is 0 Å². The lowest BCUT2D eigenvalue weighted by atomic mass is 10.1. The normalized spacial score (nSPS) is 16.3. The molecule has 82 valence electrons. The molecule has 2 N–H and O–H groups in total. The largest absolute Gasteiger partial charge is 0.352 e. The van der Waals surface area contributed by atoms with Crippen LogP contribution in [0.2, 0.25) is 0 Å². The maximum absolute atomic E-state index is 11.6. The number of nitrogens with one attached hydrogen (secondary N) is 2. The van der Waals surface area contributed by atoms with Crippen LogP contribution < -0.4 is 10.6 Å². The Morgan fingerprint density at radius 3 is 1.73 bits per heavy atom. The molecule has 0 spiro atoms. The topological polar surface area (TPSA) is 58.2 Å². The molecule has 0 aliphatic heterocycles. The second kappa shape index (κ2) is 4.77. The minimum Gasteiger partial charge on any atom is -0.352 e. The standard InChI is InChI=1S/C11H16N2O2/c1-3-7-12-9(14)11(5-6-11)10(15)13-8-4-2/h3-4H,1-2,5-8H2,(H,12,14)(H,13,15). The van der Waals surface area contributed by atoms with E-state index in [2.05, 4.69) is 23.8 Å². The number of hydrogen-bond donors (Lipinski definition) is 2. The van der Waals surface area contributed by atoms with E-state index in [1.54, 1.807) is 12.2 Å². The molecule has 0 atom stereocenters. The van der Waals surface area contributed by atoms with E-state index < -0.39 is 5.41 Å². The van der Waals surface area contributed by atoms with E-state index >= 15 is 0 Å². The average molecular weight is 208 g/mol. The fraction of sp³-hybridized carbons (Fsp3) is 0.455. The Balaban J connectivity index is 2.50. The Labute approximate surface area is 89.4 Å². The Bertz CT molecular complexity index is 267. The molecule has 1 saturated carbocycles. The van der Waals surface area contributed by atoms with Gasteiger partial charge in [0.1, 0.15) is 5.41 Å². The van der Waals surface area contributed by atoms with Crippen LogP contribution in [0.5, 0.6) is 0 Å². The lowest BCUT2D eigenvalue weighted by molar-refractivity contribution is -0.136. The van der Waals surface area contributed by atoms with Gasteiger partial charge < -0.3 is 10.6 Å². The Hall–Kier alpha value is -1.58. The van der Waals surface area contributed by atoms with Crippen LogP contribution in [0.25, 0.3) is 0 Å². The molecular weight excluding hydrogens is 192 g/mol. The molecule has 0 saturated heterocycles. The van der Waals surface area contributed by atoms with Crippen molar-refractivity contribution in [3.63, 3.8) is 0 Å². The van der Waals surface area contributed by atoms with E-state index in [1.165, 1.54) is 0 Å². The lowest BCUT2D eigenvalue weighted by Crippen LogP contribution is -2.43. The van der Waals surface area contributed by atoms with Crippen LogP contribution >= 0.6 is 0 Å². The first-order valence-corrected chi connectivity index (χ1v) is 4.96. The van der Waals surface area contributed by atoms with E-state index in [1.807, 2.05) is 0 Å². The molecule has 0 bridgehead atoms. The molecule has 0 heterocycles. The maximum atomic E-state index is 11.6. The van der Waals surface area contributed by atoms with Crippen LogP contribution in [0.4, 0.5) is 0 Å². The van der Waals surface area contributed by atoms with Crippen molar-refractivity contribution < 1.29 is 9.59 Å². The third-order valence-corrected chi connectivity index (χ3v) is 2.43.